The van der Waals surface area contributed by atoms with Gasteiger partial charge in [-0.2, -0.15) is 5.26 Å². The fourth-order valence-corrected chi connectivity index (χ4v) is 5.23. The van der Waals surface area contributed by atoms with Gasteiger partial charge in [-0.05, 0) is 59.9 Å². The van der Waals surface area contributed by atoms with Gasteiger partial charge < -0.3 is 9.30 Å². The summed E-state index contributed by atoms with van der Waals surface area (Å²) in [5.74, 6) is 0.251. The summed E-state index contributed by atoms with van der Waals surface area (Å²) in [7, 11) is 0. The van der Waals surface area contributed by atoms with Crippen molar-refractivity contribution < 1.29 is 17.9 Å². The number of likely N-dealkylation sites (tertiary alicyclic amines) is 1. The Morgan fingerprint density at radius 1 is 1.03 bits per heavy atom. The number of benzene rings is 2. The van der Waals surface area contributed by atoms with Crippen LogP contribution in [-0.2, 0) is 13.1 Å². The summed E-state index contributed by atoms with van der Waals surface area (Å²) in [5, 5.41) is 9.15. The molecule has 0 amide bonds. The Morgan fingerprint density at radius 2 is 1.82 bits per heavy atom. The molecule has 2 aromatic carbocycles. The van der Waals surface area contributed by atoms with Crippen molar-refractivity contribution in [3.05, 3.63) is 87.8 Å². The number of hydrogen-bond donors (Lipinski definition) is 0. The summed E-state index contributed by atoms with van der Waals surface area (Å²) >= 11 is 0. The molecule has 5 nitrogen and oxygen atoms in total. The third-order valence-electron chi connectivity index (χ3n) is 6.54. The molecule has 0 radical (unpaired) electrons. The number of alkyl halides is 3. The van der Waals surface area contributed by atoms with Crippen LogP contribution in [0.5, 0.6) is 5.75 Å². The predicted octanol–water partition coefficient (Wildman–Crippen LogP) is 4.90. The van der Waals surface area contributed by atoms with Crippen LogP contribution in [-0.4, -0.2) is 28.9 Å². The van der Waals surface area contributed by atoms with E-state index < -0.39 is 6.36 Å². The lowest BCUT2D eigenvalue weighted by Gasteiger charge is -2.43. The molecule has 34 heavy (non-hydrogen) atoms. The largest absolute Gasteiger partial charge is 0.573 e. The molecule has 0 spiro atoms. The van der Waals surface area contributed by atoms with Gasteiger partial charge >= 0.3 is 6.36 Å². The van der Waals surface area contributed by atoms with Crippen molar-refractivity contribution >= 4 is 0 Å². The molecular weight excluding hydrogens is 443 g/mol. The van der Waals surface area contributed by atoms with Gasteiger partial charge in [-0.15, -0.1) is 13.2 Å². The van der Waals surface area contributed by atoms with Gasteiger partial charge in [-0.25, -0.2) is 0 Å². The summed E-state index contributed by atoms with van der Waals surface area (Å²) in [6, 6.07) is 19.0. The second-order valence-electron chi connectivity index (χ2n) is 8.96. The number of pyridine rings is 1. The molecule has 0 unspecified atom stereocenters. The van der Waals surface area contributed by atoms with E-state index in [1.807, 2.05) is 28.8 Å². The first-order valence-corrected chi connectivity index (χ1v) is 11.1. The van der Waals surface area contributed by atoms with Crippen molar-refractivity contribution in [1.29, 1.82) is 5.26 Å². The molecule has 3 aromatic rings. The van der Waals surface area contributed by atoms with Crippen molar-refractivity contribution in [2.24, 2.45) is 5.92 Å². The van der Waals surface area contributed by atoms with Crippen LogP contribution >= 0.6 is 0 Å². The molecule has 2 aliphatic rings. The minimum atomic E-state index is -4.75. The number of nitrogens with zero attached hydrogens (tertiary/aromatic N) is 3. The number of aromatic nitrogens is 1. The van der Waals surface area contributed by atoms with Crippen LogP contribution in [0.3, 0.4) is 0 Å². The number of nitriles is 1. The molecule has 0 N–H and O–H groups in total. The van der Waals surface area contributed by atoms with Gasteiger partial charge in [0, 0.05) is 43.4 Å². The van der Waals surface area contributed by atoms with E-state index in [1.165, 1.54) is 24.3 Å². The highest BCUT2D eigenvalue weighted by atomic mass is 19.4. The Bertz CT molecular complexity index is 1310. The monoisotopic (exact) mass is 465 g/mol. The SMILES string of the molecule is N#Cc1cccc(CN2C[C@@H]3C[C@H](C2)c2ccc(-c4ccc(OC(F)(F)F)cc4)c(=O)n2C3)c1. The van der Waals surface area contributed by atoms with E-state index in [0.717, 1.165) is 37.3 Å². The first-order chi connectivity index (χ1) is 16.3. The first kappa shape index (κ1) is 22.2. The number of piperidine rings is 1. The van der Waals surface area contributed by atoms with Crippen LogP contribution in [0.4, 0.5) is 13.2 Å². The van der Waals surface area contributed by atoms with E-state index >= 15 is 0 Å². The van der Waals surface area contributed by atoms with Gasteiger partial charge in [0.25, 0.3) is 5.56 Å². The van der Waals surface area contributed by atoms with Crippen molar-refractivity contribution in [1.82, 2.24) is 9.47 Å². The van der Waals surface area contributed by atoms with Crippen molar-refractivity contribution in [2.75, 3.05) is 13.1 Å². The normalized spacial score (nSPS) is 19.8. The Balaban J connectivity index is 1.37. The molecule has 1 saturated heterocycles. The molecule has 5 rings (SSSR count). The van der Waals surface area contributed by atoms with Crippen LogP contribution < -0.4 is 10.3 Å². The standard InChI is InChI=1S/C26H22F3N3O2/c27-26(28,29)34-22-6-4-20(5-7-22)23-8-9-24-21-11-19(15-32(24)25(23)33)14-31(16-21)13-18-3-1-2-17(10-18)12-30/h1-10,19,21H,11,13-16H2/t19-,21+/m0/s1. The van der Waals surface area contributed by atoms with Crippen molar-refractivity contribution in [2.45, 2.75) is 31.8 Å². The Kier molecular flexibility index (Phi) is 5.66. The van der Waals surface area contributed by atoms with E-state index in [0.29, 0.717) is 29.2 Å². The molecule has 3 heterocycles. The third kappa shape index (κ3) is 4.57. The molecule has 1 aromatic heterocycles. The smallest absolute Gasteiger partial charge is 0.406 e. The summed E-state index contributed by atoms with van der Waals surface area (Å²) in [6.07, 6.45) is -3.73. The van der Waals surface area contributed by atoms with Crippen molar-refractivity contribution in [3.8, 4) is 22.9 Å². The number of ether oxygens (including phenoxy) is 1. The molecule has 174 valence electrons. The van der Waals surface area contributed by atoms with Gasteiger partial charge in [0.05, 0.1) is 11.6 Å². The van der Waals surface area contributed by atoms with Gasteiger partial charge in [-0.3, -0.25) is 9.69 Å². The number of fused-ring (bicyclic) bond motifs is 4. The van der Waals surface area contributed by atoms with Crippen LogP contribution in [0.2, 0.25) is 0 Å². The van der Waals surface area contributed by atoms with Gasteiger partial charge in [0.15, 0.2) is 0 Å². The second-order valence-corrected chi connectivity index (χ2v) is 8.96. The van der Waals surface area contributed by atoms with Gasteiger partial charge in [-0.1, -0.05) is 24.3 Å². The zero-order chi connectivity index (χ0) is 23.9. The number of hydrogen-bond acceptors (Lipinski definition) is 4. The maximum absolute atomic E-state index is 13.3. The number of halogens is 3. The van der Waals surface area contributed by atoms with E-state index in [1.54, 1.807) is 12.1 Å². The first-order valence-electron chi connectivity index (χ1n) is 11.1. The molecule has 1 fully saturated rings. The number of rotatable bonds is 4. The molecule has 0 saturated carbocycles. The second kappa shape index (κ2) is 8.65. The quantitative estimate of drug-likeness (QED) is 0.550. The minimum Gasteiger partial charge on any atom is -0.406 e. The minimum absolute atomic E-state index is 0.119. The Morgan fingerprint density at radius 3 is 2.56 bits per heavy atom. The lowest BCUT2D eigenvalue weighted by Crippen LogP contribution is -2.46. The zero-order valence-electron chi connectivity index (χ0n) is 18.3. The highest BCUT2D eigenvalue weighted by molar-refractivity contribution is 5.63. The van der Waals surface area contributed by atoms with E-state index in [9.17, 15) is 18.0 Å². The van der Waals surface area contributed by atoms with Gasteiger partial charge in [0.1, 0.15) is 5.75 Å². The lowest BCUT2D eigenvalue weighted by molar-refractivity contribution is -0.274. The molecule has 2 aliphatic heterocycles. The fraction of sp³-hybridized carbons (Fsp3) is 0.308. The van der Waals surface area contributed by atoms with E-state index in [2.05, 4.69) is 15.7 Å². The molecule has 8 heteroatoms. The highest BCUT2D eigenvalue weighted by Crippen LogP contribution is 2.36. The van der Waals surface area contributed by atoms with Crippen LogP contribution in [0, 0.1) is 17.2 Å². The van der Waals surface area contributed by atoms with E-state index in [-0.39, 0.29) is 17.2 Å². The Hall–Kier alpha value is -3.57. The Labute approximate surface area is 194 Å². The fourth-order valence-electron chi connectivity index (χ4n) is 5.23. The van der Waals surface area contributed by atoms with Crippen molar-refractivity contribution in [3.63, 3.8) is 0 Å². The maximum Gasteiger partial charge on any atom is 0.573 e. The summed E-state index contributed by atoms with van der Waals surface area (Å²) in [5.41, 5.74) is 3.66. The molecule has 0 aliphatic carbocycles. The summed E-state index contributed by atoms with van der Waals surface area (Å²) in [4.78, 5) is 15.7. The molecule has 2 atom stereocenters. The lowest BCUT2D eigenvalue weighted by atomic mass is 9.82. The van der Waals surface area contributed by atoms with Crippen LogP contribution in [0.1, 0.15) is 29.2 Å². The summed E-state index contributed by atoms with van der Waals surface area (Å²) in [6.45, 7) is 3.07. The predicted molar refractivity (Wildman–Crippen MR) is 120 cm³/mol. The van der Waals surface area contributed by atoms with Crippen LogP contribution in [0.15, 0.2) is 65.5 Å². The summed E-state index contributed by atoms with van der Waals surface area (Å²) < 4.78 is 43.0. The average molecular weight is 465 g/mol. The highest BCUT2D eigenvalue weighted by Gasteiger charge is 2.35. The maximum atomic E-state index is 13.3. The van der Waals surface area contributed by atoms with Gasteiger partial charge in [0.2, 0.25) is 0 Å². The molecular formula is C26H22F3N3O2. The topological polar surface area (TPSA) is 58.3 Å². The zero-order valence-corrected chi connectivity index (χ0v) is 18.3. The average Bonchev–Trinajstić information content (AvgIpc) is 2.79. The molecule has 2 bridgehead atoms. The third-order valence-corrected chi connectivity index (χ3v) is 6.54. The van der Waals surface area contributed by atoms with E-state index in [4.69, 9.17) is 5.26 Å². The van der Waals surface area contributed by atoms with Crippen LogP contribution in [0.25, 0.3) is 11.1 Å².